The third-order valence-corrected chi connectivity index (χ3v) is 4.66. The number of H-pyrrole nitrogens is 1. The van der Waals surface area contributed by atoms with Crippen LogP contribution in [0.3, 0.4) is 0 Å². The second-order valence-electron chi connectivity index (χ2n) is 6.31. The summed E-state index contributed by atoms with van der Waals surface area (Å²) in [6.07, 6.45) is 0.459. The number of para-hydroxylation sites is 1. The minimum atomic E-state index is 0.0908. The van der Waals surface area contributed by atoms with Gasteiger partial charge in [0.25, 0.3) is 0 Å². The van der Waals surface area contributed by atoms with Gasteiger partial charge in [0.2, 0.25) is 0 Å². The molecule has 118 valence electrons. The summed E-state index contributed by atoms with van der Waals surface area (Å²) in [5, 5.41) is 1.26. The Labute approximate surface area is 135 Å². The zero-order valence-corrected chi connectivity index (χ0v) is 14.0. The van der Waals surface area contributed by atoms with Crippen LogP contribution in [0.25, 0.3) is 10.9 Å². The van der Waals surface area contributed by atoms with Crippen molar-refractivity contribution >= 4 is 22.5 Å². The van der Waals surface area contributed by atoms with Crippen molar-refractivity contribution < 1.29 is 9.64 Å². The van der Waals surface area contributed by atoms with Crippen LogP contribution in [0.5, 0.6) is 0 Å². The molecule has 0 radical (unpaired) electrons. The summed E-state index contributed by atoms with van der Waals surface area (Å²) in [6, 6.07) is 5.46. The van der Waals surface area contributed by atoms with Gasteiger partial charge in [0, 0.05) is 11.1 Å². The number of aromatic nitrogens is 1. The van der Waals surface area contributed by atoms with Gasteiger partial charge in [-0.05, 0) is 32.9 Å². The molecule has 22 heavy (non-hydrogen) atoms. The quantitative estimate of drug-likeness (QED) is 0.884. The average Bonchev–Trinajstić information content (AvgIpc) is 2.44. The van der Waals surface area contributed by atoms with Crippen molar-refractivity contribution in [3.8, 4) is 0 Å². The van der Waals surface area contributed by atoms with Gasteiger partial charge in [-0.1, -0.05) is 17.7 Å². The van der Waals surface area contributed by atoms with Gasteiger partial charge in [-0.25, -0.2) is 0 Å². The molecule has 1 aromatic heterocycles. The standard InChI is InChI=1S/C17H21ClN2O2/c1-10-7-20(8-11(2)22-10)9-14-12(3)19-16-13(17(14)21)5-4-6-15(16)18/h4-6,10-11H,7-9H2,1-3H3,(H,19,21)/p+1/t10-,11+. The van der Waals surface area contributed by atoms with E-state index in [-0.39, 0.29) is 17.6 Å². The summed E-state index contributed by atoms with van der Waals surface area (Å²) < 4.78 is 5.78. The first-order valence-electron chi connectivity index (χ1n) is 7.74. The van der Waals surface area contributed by atoms with Crippen LogP contribution in [-0.2, 0) is 11.3 Å². The number of pyridine rings is 1. The van der Waals surface area contributed by atoms with Crippen molar-refractivity contribution in [2.75, 3.05) is 13.1 Å². The molecule has 1 aliphatic heterocycles. The highest BCUT2D eigenvalue weighted by molar-refractivity contribution is 6.35. The minimum Gasteiger partial charge on any atom is -0.364 e. The molecule has 2 N–H and O–H groups in total. The molecule has 0 aliphatic carbocycles. The predicted octanol–water partition coefficient (Wildman–Crippen LogP) is 1.68. The van der Waals surface area contributed by atoms with E-state index in [0.717, 1.165) is 36.4 Å². The molecule has 0 amide bonds. The number of aryl methyl sites for hydroxylation is 1. The first-order chi connectivity index (χ1) is 10.5. The molecule has 1 aromatic carbocycles. The van der Waals surface area contributed by atoms with Crippen LogP contribution in [0, 0.1) is 6.92 Å². The Bertz CT molecular complexity index is 746. The lowest BCUT2D eigenvalue weighted by Crippen LogP contribution is -3.14. The second kappa shape index (κ2) is 6.03. The highest BCUT2D eigenvalue weighted by Crippen LogP contribution is 2.20. The summed E-state index contributed by atoms with van der Waals surface area (Å²) in [7, 11) is 0. The van der Waals surface area contributed by atoms with Gasteiger partial charge in [0.1, 0.15) is 31.8 Å². The lowest BCUT2D eigenvalue weighted by Gasteiger charge is -2.32. The number of ether oxygens (including phenoxy) is 1. The summed E-state index contributed by atoms with van der Waals surface area (Å²) >= 11 is 6.19. The molecular formula is C17H22ClN2O2+. The zero-order chi connectivity index (χ0) is 15.9. The van der Waals surface area contributed by atoms with Gasteiger partial charge in [-0.15, -0.1) is 0 Å². The molecule has 0 spiro atoms. The van der Waals surface area contributed by atoms with E-state index in [4.69, 9.17) is 16.3 Å². The Morgan fingerprint density at radius 1 is 1.32 bits per heavy atom. The van der Waals surface area contributed by atoms with Crippen LogP contribution in [-0.4, -0.2) is 30.3 Å². The van der Waals surface area contributed by atoms with Gasteiger partial charge in [-0.2, -0.15) is 0 Å². The van der Waals surface area contributed by atoms with E-state index in [0.29, 0.717) is 10.4 Å². The summed E-state index contributed by atoms with van der Waals surface area (Å²) in [6.45, 7) is 8.71. The lowest BCUT2D eigenvalue weighted by atomic mass is 10.1. The van der Waals surface area contributed by atoms with Gasteiger partial charge in [0.15, 0.2) is 5.43 Å². The van der Waals surface area contributed by atoms with Crippen LogP contribution in [0.4, 0.5) is 0 Å². The van der Waals surface area contributed by atoms with Crippen molar-refractivity contribution in [3.63, 3.8) is 0 Å². The van der Waals surface area contributed by atoms with E-state index in [1.807, 2.05) is 19.1 Å². The lowest BCUT2D eigenvalue weighted by molar-refractivity contribution is -0.928. The van der Waals surface area contributed by atoms with Crippen LogP contribution in [0.15, 0.2) is 23.0 Å². The molecule has 5 heteroatoms. The number of nitrogens with one attached hydrogen (secondary N) is 2. The van der Waals surface area contributed by atoms with Crippen molar-refractivity contribution in [2.24, 2.45) is 0 Å². The monoisotopic (exact) mass is 321 g/mol. The topological polar surface area (TPSA) is 46.5 Å². The Balaban J connectivity index is 1.99. The van der Waals surface area contributed by atoms with Crippen molar-refractivity contribution in [3.05, 3.63) is 44.7 Å². The largest absolute Gasteiger partial charge is 0.364 e. The maximum absolute atomic E-state index is 12.8. The van der Waals surface area contributed by atoms with E-state index < -0.39 is 0 Å². The number of benzene rings is 1. The summed E-state index contributed by atoms with van der Waals surface area (Å²) in [4.78, 5) is 17.5. The maximum Gasteiger partial charge on any atom is 0.198 e. The normalized spacial score (nSPS) is 25.5. The SMILES string of the molecule is Cc1[nH]c2c(Cl)cccc2c(=O)c1C[NH+]1C[C@@H](C)O[C@@H](C)C1. The van der Waals surface area contributed by atoms with E-state index in [1.54, 1.807) is 6.07 Å². The summed E-state index contributed by atoms with van der Waals surface area (Å²) in [5.74, 6) is 0. The third kappa shape index (κ3) is 2.91. The van der Waals surface area contributed by atoms with E-state index in [9.17, 15) is 4.79 Å². The second-order valence-corrected chi connectivity index (χ2v) is 6.72. The minimum absolute atomic E-state index is 0.0908. The average molecular weight is 322 g/mol. The van der Waals surface area contributed by atoms with Gasteiger partial charge < -0.3 is 14.6 Å². The first kappa shape index (κ1) is 15.5. The van der Waals surface area contributed by atoms with Crippen molar-refractivity contribution in [1.29, 1.82) is 0 Å². The number of quaternary nitrogens is 1. The molecule has 0 saturated carbocycles. The van der Waals surface area contributed by atoms with Crippen molar-refractivity contribution in [1.82, 2.24) is 4.98 Å². The number of fused-ring (bicyclic) bond motifs is 1. The van der Waals surface area contributed by atoms with Crippen LogP contribution >= 0.6 is 11.6 Å². The molecule has 3 rings (SSSR count). The zero-order valence-electron chi connectivity index (χ0n) is 13.2. The summed E-state index contributed by atoms with van der Waals surface area (Å²) in [5.41, 5.74) is 2.58. The smallest absolute Gasteiger partial charge is 0.198 e. The number of halogens is 1. The van der Waals surface area contributed by atoms with E-state index in [2.05, 4.69) is 18.8 Å². The van der Waals surface area contributed by atoms with E-state index >= 15 is 0 Å². The number of aromatic amines is 1. The maximum atomic E-state index is 12.8. The Morgan fingerprint density at radius 2 is 2.00 bits per heavy atom. The molecule has 1 unspecified atom stereocenters. The Kier molecular flexibility index (Phi) is 4.26. The van der Waals surface area contributed by atoms with Gasteiger partial charge in [0.05, 0.1) is 16.1 Å². The van der Waals surface area contributed by atoms with Crippen molar-refractivity contribution in [2.45, 2.75) is 39.5 Å². The fourth-order valence-corrected chi connectivity index (χ4v) is 3.65. The van der Waals surface area contributed by atoms with Gasteiger partial charge >= 0.3 is 0 Å². The third-order valence-electron chi connectivity index (χ3n) is 4.34. The van der Waals surface area contributed by atoms with Crippen LogP contribution < -0.4 is 10.3 Å². The molecule has 2 heterocycles. The van der Waals surface area contributed by atoms with Crippen LogP contribution in [0.1, 0.15) is 25.1 Å². The molecular weight excluding hydrogens is 300 g/mol. The van der Waals surface area contributed by atoms with E-state index in [1.165, 1.54) is 4.90 Å². The fourth-order valence-electron chi connectivity index (χ4n) is 3.43. The molecule has 1 saturated heterocycles. The molecule has 1 fully saturated rings. The van der Waals surface area contributed by atoms with Crippen LogP contribution in [0.2, 0.25) is 5.02 Å². The highest BCUT2D eigenvalue weighted by Gasteiger charge is 2.27. The highest BCUT2D eigenvalue weighted by atomic mass is 35.5. The molecule has 1 aliphatic rings. The Hall–Kier alpha value is -1.36. The predicted molar refractivity (Wildman–Crippen MR) is 88.7 cm³/mol. The molecule has 3 atom stereocenters. The molecule has 2 aromatic rings. The Morgan fingerprint density at radius 3 is 2.68 bits per heavy atom. The first-order valence-corrected chi connectivity index (χ1v) is 8.12. The number of hydrogen-bond donors (Lipinski definition) is 2. The van der Waals surface area contributed by atoms with Gasteiger partial charge in [-0.3, -0.25) is 4.79 Å². The molecule has 4 nitrogen and oxygen atoms in total. The number of rotatable bonds is 2. The fraction of sp³-hybridized carbons (Fsp3) is 0.471. The molecule has 0 bridgehead atoms. The number of hydrogen-bond acceptors (Lipinski definition) is 2. The number of morpholine rings is 1.